The average molecular weight is 356 g/mol. The number of rotatable bonds is 13. The molecule has 0 aromatic carbocycles. The third-order valence-electron chi connectivity index (χ3n) is 3.44. The molecule has 144 valence electrons. The molecular formula is C19H34NO5+. The van der Waals surface area contributed by atoms with Crippen LogP contribution in [0.5, 0.6) is 0 Å². The van der Waals surface area contributed by atoms with Crippen molar-refractivity contribution in [3.63, 3.8) is 0 Å². The molecule has 0 amide bonds. The van der Waals surface area contributed by atoms with E-state index in [1.54, 1.807) is 0 Å². The largest absolute Gasteiger partial charge is 0.481 e. The SMILES string of the molecule is C/C=C/C/C=C/CCCC(O)CC(=O)OC(CC(=O)O)C[N+](C)(C)C. The zero-order valence-electron chi connectivity index (χ0n) is 16.0. The molecule has 2 N–H and O–H groups in total. The van der Waals surface area contributed by atoms with Gasteiger partial charge < -0.3 is 19.4 Å². The number of aliphatic hydroxyl groups is 1. The number of hydrogen-bond donors (Lipinski definition) is 2. The first-order chi connectivity index (χ1) is 11.6. The summed E-state index contributed by atoms with van der Waals surface area (Å²) in [6, 6.07) is 0. The first-order valence-corrected chi connectivity index (χ1v) is 8.80. The Morgan fingerprint density at radius 2 is 1.80 bits per heavy atom. The van der Waals surface area contributed by atoms with E-state index < -0.39 is 24.1 Å². The summed E-state index contributed by atoms with van der Waals surface area (Å²) in [5.41, 5.74) is 0. The van der Waals surface area contributed by atoms with Crippen molar-refractivity contribution in [3.05, 3.63) is 24.3 Å². The Balaban J connectivity index is 4.18. The highest BCUT2D eigenvalue weighted by Crippen LogP contribution is 2.10. The molecule has 2 atom stereocenters. The van der Waals surface area contributed by atoms with Crippen LogP contribution in [0.3, 0.4) is 0 Å². The highest BCUT2D eigenvalue weighted by atomic mass is 16.5. The van der Waals surface area contributed by atoms with Crippen LogP contribution in [0.15, 0.2) is 24.3 Å². The lowest BCUT2D eigenvalue weighted by molar-refractivity contribution is -0.873. The number of nitrogens with zero attached hydrogens (tertiary/aromatic N) is 1. The van der Waals surface area contributed by atoms with Crippen LogP contribution in [-0.4, -0.2) is 66.5 Å². The Kier molecular flexibility index (Phi) is 11.8. The number of unbranched alkanes of at least 4 members (excludes halogenated alkanes) is 1. The van der Waals surface area contributed by atoms with Crippen molar-refractivity contribution in [2.24, 2.45) is 0 Å². The van der Waals surface area contributed by atoms with Crippen molar-refractivity contribution in [1.82, 2.24) is 0 Å². The molecule has 0 fully saturated rings. The van der Waals surface area contributed by atoms with Crippen LogP contribution in [-0.2, 0) is 14.3 Å². The van der Waals surface area contributed by atoms with Crippen LogP contribution in [0.4, 0.5) is 0 Å². The number of carboxylic acid groups (broad SMARTS) is 1. The van der Waals surface area contributed by atoms with Crippen molar-refractivity contribution >= 4 is 11.9 Å². The van der Waals surface area contributed by atoms with Gasteiger partial charge in [-0.3, -0.25) is 9.59 Å². The van der Waals surface area contributed by atoms with Gasteiger partial charge in [0.2, 0.25) is 0 Å². The monoisotopic (exact) mass is 356 g/mol. The van der Waals surface area contributed by atoms with E-state index in [2.05, 4.69) is 18.2 Å². The van der Waals surface area contributed by atoms with E-state index in [4.69, 9.17) is 9.84 Å². The van der Waals surface area contributed by atoms with Gasteiger partial charge in [-0.15, -0.1) is 0 Å². The van der Waals surface area contributed by atoms with Gasteiger partial charge in [0.25, 0.3) is 0 Å². The van der Waals surface area contributed by atoms with Gasteiger partial charge in [-0.2, -0.15) is 0 Å². The van der Waals surface area contributed by atoms with Gasteiger partial charge in [0, 0.05) is 0 Å². The van der Waals surface area contributed by atoms with Crippen molar-refractivity contribution in [3.8, 4) is 0 Å². The van der Waals surface area contributed by atoms with Crippen LogP contribution < -0.4 is 0 Å². The molecule has 0 rings (SSSR count). The molecule has 6 heteroatoms. The standard InChI is InChI=1S/C19H33NO5/c1-5-6-7-8-9-10-11-12-16(21)13-19(24)25-17(14-18(22)23)15-20(2,3)4/h5-6,8-9,16-17,21H,7,10-15H2,1-4H3/p+1/b6-5+,9-8+. The molecule has 0 aliphatic rings. The van der Waals surface area contributed by atoms with E-state index in [9.17, 15) is 14.7 Å². The number of aliphatic carboxylic acids is 1. The van der Waals surface area contributed by atoms with Gasteiger partial charge in [0.05, 0.1) is 40.1 Å². The molecule has 25 heavy (non-hydrogen) atoms. The molecule has 0 radical (unpaired) electrons. The zero-order chi connectivity index (χ0) is 19.3. The van der Waals surface area contributed by atoms with Crippen LogP contribution in [0.25, 0.3) is 0 Å². The fourth-order valence-corrected chi connectivity index (χ4v) is 2.38. The zero-order valence-corrected chi connectivity index (χ0v) is 16.0. The summed E-state index contributed by atoms with van der Waals surface area (Å²) < 4.78 is 5.76. The second kappa shape index (κ2) is 12.7. The minimum Gasteiger partial charge on any atom is -0.481 e. The predicted molar refractivity (Wildman–Crippen MR) is 98.1 cm³/mol. The normalized spacial score (nSPS) is 14.8. The Bertz CT molecular complexity index is 451. The van der Waals surface area contributed by atoms with Crippen molar-refractivity contribution in [1.29, 1.82) is 0 Å². The quantitative estimate of drug-likeness (QED) is 0.229. The molecule has 0 aliphatic carbocycles. The lowest BCUT2D eigenvalue weighted by Gasteiger charge is -2.28. The molecule has 0 spiro atoms. The summed E-state index contributed by atoms with van der Waals surface area (Å²) >= 11 is 0. The topological polar surface area (TPSA) is 83.8 Å². The van der Waals surface area contributed by atoms with E-state index in [1.807, 2.05) is 34.1 Å². The van der Waals surface area contributed by atoms with Crippen LogP contribution in [0, 0.1) is 0 Å². The van der Waals surface area contributed by atoms with Gasteiger partial charge in [0.15, 0.2) is 6.10 Å². The van der Waals surface area contributed by atoms with E-state index in [0.29, 0.717) is 17.4 Å². The number of quaternary nitrogens is 1. The van der Waals surface area contributed by atoms with Gasteiger partial charge >= 0.3 is 11.9 Å². The molecular weight excluding hydrogens is 322 g/mol. The summed E-state index contributed by atoms with van der Waals surface area (Å²) in [4.78, 5) is 22.8. The summed E-state index contributed by atoms with van der Waals surface area (Å²) in [5, 5.41) is 18.9. The lowest BCUT2D eigenvalue weighted by atomic mass is 10.1. The smallest absolute Gasteiger partial charge is 0.308 e. The van der Waals surface area contributed by atoms with Crippen molar-refractivity contribution in [2.45, 2.75) is 57.7 Å². The number of allylic oxidation sites excluding steroid dienone is 4. The maximum atomic E-state index is 11.9. The number of carbonyl (C=O) groups excluding carboxylic acids is 1. The van der Waals surface area contributed by atoms with Gasteiger partial charge in [-0.05, 0) is 32.6 Å². The number of carbonyl (C=O) groups is 2. The molecule has 0 bridgehead atoms. The highest BCUT2D eigenvalue weighted by molar-refractivity contribution is 5.71. The maximum absolute atomic E-state index is 11.9. The fraction of sp³-hybridized carbons (Fsp3) is 0.684. The molecule has 0 saturated carbocycles. The van der Waals surface area contributed by atoms with E-state index in [1.165, 1.54) is 0 Å². The number of ether oxygens (including phenoxy) is 1. The second-order valence-electron chi connectivity index (χ2n) is 7.25. The maximum Gasteiger partial charge on any atom is 0.308 e. The average Bonchev–Trinajstić information content (AvgIpc) is 2.43. The summed E-state index contributed by atoms with van der Waals surface area (Å²) in [5.74, 6) is -1.55. The second-order valence-corrected chi connectivity index (χ2v) is 7.25. The summed E-state index contributed by atoms with van der Waals surface area (Å²) in [6.07, 6.45) is 9.48. The minimum atomic E-state index is -1.00. The molecule has 0 aliphatic heterocycles. The van der Waals surface area contributed by atoms with Crippen LogP contribution >= 0.6 is 0 Å². The third kappa shape index (κ3) is 15.6. The third-order valence-corrected chi connectivity index (χ3v) is 3.44. The molecule has 0 aromatic heterocycles. The fourth-order valence-electron chi connectivity index (χ4n) is 2.38. The summed E-state index contributed by atoms with van der Waals surface area (Å²) in [7, 11) is 5.71. The van der Waals surface area contributed by atoms with E-state index in [0.717, 1.165) is 19.3 Å². The predicted octanol–water partition coefficient (Wildman–Crippen LogP) is 2.52. The molecule has 0 aromatic rings. The van der Waals surface area contributed by atoms with Gasteiger partial charge in [-0.25, -0.2) is 0 Å². The number of aliphatic hydroxyl groups excluding tert-OH is 1. The Morgan fingerprint density at radius 1 is 1.12 bits per heavy atom. The summed E-state index contributed by atoms with van der Waals surface area (Å²) in [6.45, 7) is 2.38. The molecule has 0 saturated heterocycles. The molecule has 2 unspecified atom stereocenters. The Hall–Kier alpha value is -1.66. The first kappa shape index (κ1) is 23.3. The molecule has 6 nitrogen and oxygen atoms in total. The van der Waals surface area contributed by atoms with Crippen molar-refractivity contribution < 1.29 is 29.0 Å². The van der Waals surface area contributed by atoms with Crippen LogP contribution in [0.2, 0.25) is 0 Å². The number of esters is 1. The number of hydrogen-bond acceptors (Lipinski definition) is 4. The van der Waals surface area contributed by atoms with E-state index >= 15 is 0 Å². The van der Waals surface area contributed by atoms with Gasteiger partial charge in [0.1, 0.15) is 6.54 Å². The number of likely N-dealkylation sites (N-methyl/N-ethyl adjacent to an activating group) is 1. The number of carboxylic acids is 1. The molecule has 0 heterocycles. The van der Waals surface area contributed by atoms with Crippen LogP contribution in [0.1, 0.15) is 45.4 Å². The highest BCUT2D eigenvalue weighted by Gasteiger charge is 2.25. The minimum absolute atomic E-state index is 0.102. The first-order valence-electron chi connectivity index (χ1n) is 8.80. The Morgan fingerprint density at radius 3 is 2.36 bits per heavy atom. The van der Waals surface area contributed by atoms with Gasteiger partial charge in [-0.1, -0.05) is 24.3 Å². The Labute approximate surface area is 151 Å². The van der Waals surface area contributed by atoms with Crippen molar-refractivity contribution in [2.75, 3.05) is 27.7 Å². The lowest BCUT2D eigenvalue weighted by Crippen LogP contribution is -2.44. The van der Waals surface area contributed by atoms with E-state index in [-0.39, 0.29) is 12.8 Å².